The second-order valence-corrected chi connectivity index (χ2v) is 19.2. The molecule has 0 N–H and O–H groups in total. The highest BCUT2D eigenvalue weighted by molar-refractivity contribution is 6.21. The third-order valence-electron chi connectivity index (χ3n) is 11.2. The van der Waals surface area contributed by atoms with E-state index in [4.69, 9.17) is 17.6 Å². The molecule has 0 bridgehead atoms. The molecule has 4 aliphatic rings. The molecule has 0 aromatic heterocycles. The highest BCUT2D eigenvalue weighted by atomic mass is 27.2. The van der Waals surface area contributed by atoms with Crippen LogP contribution in [-0.4, -0.2) is 101 Å². The van der Waals surface area contributed by atoms with Crippen molar-refractivity contribution < 1.29 is 12.2 Å². The molecule has 2 fully saturated rings. The van der Waals surface area contributed by atoms with Gasteiger partial charge in [-0.05, 0) is 76.3 Å². The van der Waals surface area contributed by atoms with Gasteiger partial charge in [-0.15, -0.1) is 0 Å². The largest absolute Gasteiger partial charge is 0.881 e. The van der Waals surface area contributed by atoms with Crippen LogP contribution in [0.25, 0.3) is 0 Å². The van der Waals surface area contributed by atoms with Gasteiger partial charge in [-0.3, -0.25) is 24.4 Å². The van der Waals surface area contributed by atoms with Gasteiger partial charge in [0.05, 0.1) is 63.4 Å². The van der Waals surface area contributed by atoms with Crippen LogP contribution in [0.15, 0.2) is 34.3 Å². The lowest BCUT2D eigenvalue weighted by molar-refractivity contribution is -0.515. The van der Waals surface area contributed by atoms with Gasteiger partial charge in [0.15, 0.2) is 0 Å². The van der Waals surface area contributed by atoms with E-state index in [1.807, 2.05) is 0 Å². The minimum Gasteiger partial charge on any atom is -0.615 e. The number of benzene rings is 2. The Morgan fingerprint density at radius 1 is 0.725 bits per heavy atom. The zero-order valence-electron chi connectivity index (χ0n) is 33.4. The Morgan fingerprint density at radius 3 is 1.94 bits per heavy atom. The quantitative estimate of drug-likeness (QED) is 0.238. The monoisotopic (exact) mass is 709 g/mol. The van der Waals surface area contributed by atoms with Gasteiger partial charge < -0.3 is 7.58 Å². The number of rotatable bonds is 4. The molecule has 2 aromatic carbocycles. The lowest BCUT2D eigenvalue weighted by Gasteiger charge is -2.36. The first-order valence-electron chi connectivity index (χ1n) is 19.8. The maximum atomic E-state index is 6.89. The van der Waals surface area contributed by atoms with Crippen molar-refractivity contribution in [3.05, 3.63) is 57.6 Å². The smallest absolute Gasteiger partial charge is 0.615 e. The molecule has 1 saturated heterocycles. The molecule has 275 valence electrons. The van der Waals surface area contributed by atoms with Gasteiger partial charge in [0, 0.05) is 36.4 Å². The Morgan fingerprint density at radius 2 is 1.31 bits per heavy atom. The van der Waals surface area contributed by atoms with E-state index in [0.717, 1.165) is 67.9 Å². The van der Waals surface area contributed by atoms with Crippen LogP contribution in [0.3, 0.4) is 0 Å². The lowest BCUT2D eigenvalue weighted by atomic mass is 9.79. The lowest BCUT2D eigenvalue weighted by Crippen LogP contribution is -2.57. The van der Waals surface area contributed by atoms with Crippen LogP contribution >= 0.6 is 0 Å². The first-order chi connectivity index (χ1) is 24.1. The van der Waals surface area contributed by atoms with Crippen molar-refractivity contribution in [2.45, 2.75) is 142 Å². The summed E-state index contributed by atoms with van der Waals surface area (Å²) in [4.78, 5) is 15.8. The summed E-state index contributed by atoms with van der Waals surface area (Å²) in [5, 5.41) is 0. The predicted molar refractivity (Wildman–Crippen MR) is 214 cm³/mol. The second-order valence-electron chi connectivity index (χ2n) is 18.6. The second kappa shape index (κ2) is 15.3. The minimum atomic E-state index is -0.836. The third kappa shape index (κ3) is 8.87. The molecule has 1 saturated carbocycles. The predicted octanol–water partition coefficient (Wildman–Crippen LogP) is 8.08. The number of aliphatic imine (C=N–C) groups is 2. The molecule has 2 atom stereocenters. The SMILES string of the molecule is C[N+]1=C2N(CCCc3cc(C(C)(C)C)cc4c3[O][Al][O]c3c(cc(C(C)(C)C)cc3C(C)(C)C)C=NC3CCCCC3N=C4)CCCN2CCC1. The molecule has 7 nitrogen and oxygen atoms in total. The van der Waals surface area contributed by atoms with Crippen molar-refractivity contribution in [3.8, 4) is 11.5 Å². The van der Waals surface area contributed by atoms with E-state index in [1.54, 1.807) is 0 Å². The molecule has 1 aliphatic carbocycles. The molecule has 3 aliphatic heterocycles. The standard InChI is InChI=1S/C43H65N5O2.Al/c1-41(2,3)33-24-30(16-13-20-47-22-15-23-48-21-14-19-46(10)40(47)48)38(49)31(25-33)28-44-36-17-11-12-18-37(36)45-29-32-26-34(42(4,5)6)27-35(39(32)50)43(7,8)9;/h24-29,36-37H,11-23H2,1-10H3,(H-,44,45,49,50);/q;+2/p-1. The summed E-state index contributed by atoms with van der Waals surface area (Å²) in [5.41, 5.74) is 7.13. The number of aryl methyl sites for hydroxylation is 1. The molecule has 51 heavy (non-hydrogen) atoms. The molecule has 2 unspecified atom stereocenters. The molecule has 0 spiro atoms. The molecule has 1 radical (unpaired) electrons. The Balaban J connectivity index is 1.39. The fourth-order valence-corrected chi connectivity index (χ4v) is 8.96. The molecule has 3 heterocycles. The van der Waals surface area contributed by atoms with Crippen molar-refractivity contribution >= 4 is 34.3 Å². The zero-order chi connectivity index (χ0) is 36.6. The van der Waals surface area contributed by atoms with Crippen molar-refractivity contribution in [3.63, 3.8) is 0 Å². The summed E-state index contributed by atoms with van der Waals surface area (Å²) in [6.07, 6.45) is 13.2. The van der Waals surface area contributed by atoms with Crippen LogP contribution in [0.5, 0.6) is 11.5 Å². The normalized spacial score (nSPS) is 21.5. The van der Waals surface area contributed by atoms with Crippen molar-refractivity contribution in [1.29, 1.82) is 0 Å². The van der Waals surface area contributed by atoms with Gasteiger partial charge in [0.1, 0.15) is 0 Å². The van der Waals surface area contributed by atoms with Gasteiger partial charge in [-0.25, -0.2) is 0 Å². The van der Waals surface area contributed by atoms with E-state index in [-0.39, 0.29) is 28.3 Å². The van der Waals surface area contributed by atoms with Gasteiger partial charge in [-0.1, -0.05) is 87.3 Å². The molecule has 6 rings (SSSR count). The first kappa shape index (κ1) is 37.9. The van der Waals surface area contributed by atoms with Crippen LogP contribution < -0.4 is 7.58 Å². The van der Waals surface area contributed by atoms with Crippen LogP contribution in [0.4, 0.5) is 0 Å². The average Bonchev–Trinajstić information content (AvgIpc) is 3.07. The van der Waals surface area contributed by atoms with Crippen LogP contribution in [0.2, 0.25) is 0 Å². The van der Waals surface area contributed by atoms with E-state index >= 15 is 0 Å². The Bertz CT molecular complexity index is 1660. The van der Waals surface area contributed by atoms with Gasteiger partial charge in [-0.2, -0.15) is 0 Å². The summed E-state index contributed by atoms with van der Waals surface area (Å²) in [6, 6.07) is 9.69. The maximum absolute atomic E-state index is 6.89. The highest BCUT2D eigenvalue weighted by Gasteiger charge is 2.35. The highest BCUT2D eigenvalue weighted by Crippen LogP contribution is 2.39. The summed E-state index contributed by atoms with van der Waals surface area (Å²) in [7, 11) is 2.26. The van der Waals surface area contributed by atoms with Crippen LogP contribution in [-0.2, 0) is 22.7 Å². The van der Waals surface area contributed by atoms with E-state index in [1.165, 1.54) is 67.0 Å². The maximum Gasteiger partial charge on any atom is 0.881 e. The molecule has 8 heteroatoms. The summed E-state index contributed by atoms with van der Waals surface area (Å²) in [5.74, 6) is 3.29. The number of hydrogen-bond acceptors (Lipinski definition) is 6. The first-order valence-corrected chi connectivity index (χ1v) is 20.7. The van der Waals surface area contributed by atoms with E-state index in [0.29, 0.717) is 0 Å². The molecule has 0 amide bonds. The zero-order valence-corrected chi connectivity index (χ0v) is 34.6. The summed E-state index contributed by atoms with van der Waals surface area (Å²) in [6.45, 7) is 26.3. The average molecular weight is 710 g/mol. The number of fused-ring (bicyclic) bond motifs is 4. The van der Waals surface area contributed by atoms with Crippen molar-refractivity contribution in [2.75, 3.05) is 39.8 Å². The third-order valence-corrected chi connectivity index (χ3v) is 11.9. The van der Waals surface area contributed by atoms with Gasteiger partial charge in [0.2, 0.25) is 0 Å². The Hall–Kier alpha value is -2.82. The van der Waals surface area contributed by atoms with Crippen LogP contribution in [0.1, 0.15) is 141 Å². The Kier molecular flexibility index (Phi) is 11.4. The van der Waals surface area contributed by atoms with E-state index < -0.39 is 15.9 Å². The van der Waals surface area contributed by atoms with Crippen LogP contribution in [0, 0.1) is 0 Å². The topological polar surface area (TPSA) is 52.7 Å². The Labute approximate surface area is 316 Å². The summed E-state index contributed by atoms with van der Waals surface area (Å²) >= 11 is -0.836. The number of hydrogen-bond donors (Lipinski definition) is 0. The van der Waals surface area contributed by atoms with Crippen molar-refractivity contribution in [1.82, 2.24) is 9.80 Å². The van der Waals surface area contributed by atoms with E-state index in [2.05, 4.69) is 120 Å². The van der Waals surface area contributed by atoms with Gasteiger partial charge in [0.25, 0.3) is 0 Å². The number of nitrogens with zero attached hydrogens (tertiary/aromatic N) is 5. The van der Waals surface area contributed by atoms with E-state index in [9.17, 15) is 0 Å². The fourth-order valence-electron chi connectivity index (χ4n) is 8.17. The fraction of sp³-hybridized carbons (Fsp3) is 0.651. The molecular formula is C43H64AlN5O2+. The summed E-state index contributed by atoms with van der Waals surface area (Å²) < 4.78 is 16.2. The minimum absolute atomic E-state index is 0.000837. The number of guanidine groups is 1. The van der Waals surface area contributed by atoms with Crippen molar-refractivity contribution in [2.24, 2.45) is 9.98 Å². The molecular weight excluding hydrogens is 645 g/mol. The molecule has 2 aromatic rings. The van der Waals surface area contributed by atoms with Gasteiger partial charge >= 0.3 is 21.8 Å².